The second kappa shape index (κ2) is 2.85. The smallest absolute Gasteiger partial charge is 0.299 e. The zero-order chi connectivity index (χ0) is 9.42. The number of rotatable bonds is 0. The van der Waals surface area contributed by atoms with E-state index in [9.17, 15) is 9.90 Å². The molecule has 0 aliphatic carbocycles. The van der Waals surface area contributed by atoms with Gasteiger partial charge in [-0.1, -0.05) is 0 Å². The molecule has 5 nitrogen and oxygen atoms in total. The monoisotopic (exact) mass is 182 g/mol. The highest BCUT2D eigenvalue weighted by molar-refractivity contribution is 5.09. The number of hydrogen-bond acceptors (Lipinski definition) is 4. The van der Waals surface area contributed by atoms with Crippen LogP contribution in [0.2, 0.25) is 0 Å². The van der Waals surface area contributed by atoms with Gasteiger partial charge < -0.3 is 9.84 Å². The van der Waals surface area contributed by atoms with Gasteiger partial charge in [-0.2, -0.15) is 4.98 Å². The van der Waals surface area contributed by atoms with Crippen LogP contribution in [0.4, 0.5) is 0 Å². The van der Waals surface area contributed by atoms with Crippen LogP contribution in [-0.2, 0) is 6.54 Å². The maximum absolute atomic E-state index is 11.1. The molecule has 1 N–H and O–H groups in total. The van der Waals surface area contributed by atoms with Crippen molar-refractivity contribution in [2.75, 3.05) is 6.61 Å². The Bertz CT molecular complexity index is 385. The topological polar surface area (TPSA) is 64.4 Å². The van der Waals surface area contributed by atoms with E-state index in [-0.39, 0.29) is 12.2 Å². The Morgan fingerprint density at radius 1 is 1.77 bits per heavy atom. The molecule has 0 fully saturated rings. The normalized spacial score (nSPS) is 20.6. The van der Waals surface area contributed by atoms with Gasteiger partial charge in [0.15, 0.2) is 0 Å². The van der Waals surface area contributed by atoms with Gasteiger partial charge >= 0.3 is 0 Å². The summed E-state index contributed by atoms with van der Waals surface area (Å²) in [4.78, 5) is 14.8. The Morgan fingerprint density at radius 3 is 3.31 bits per heavy atom. The molecular formula is C8H10N2O3. The van der Waals surface area contributed by atoms with Crippen LogP contribution in [0.25, 0.3) is 0 Å². The van der Waals surface area contributed by atoms with Crippen LogP contribution in [0.1, 0.15) is 5.56 Å². The van der Waals surface area contributed by atoms with E-state index < -0.39 is 6.10 Å². The maximum Gasteiger partial charge on any atom is 0.299 e. The lowest BCUT2D eigenvalue weighted by atomic mass is 10.3. The van der Waals surface area contributed by atoms with E-state index >= 15 is 0 Å². The van der Waals surface area contributed by atoms with Crippen LogP contribution in [0.5, 0.6) is 6.01 Å². The van der Waals surface area contributed by atoms with Crippen molar-refractivity contribution in [2.45, 2.75) is 19.6 Å². The summed E-state index contributed by atoms with van der Waals surface area (Å²) in [6.07, 6.45) is 1.13. The van der Waals surface area contributed by atoms with E-state index in [0.29, 0.717) is 18.1 Å². The third-order valence-corrected chi connectivity index (χ3v) is 1.94. The largest absolute Gasteiger partial charge is 0.462 e. The summed E-state index contributed by atoms with van der Waals surface area (Å²) >= 11 is 0. The Kier molecular flexibility index (Phi) is 1.81. The average Bonchev–Trinajstić information content (AvgIpc) is 2.08. The van der Waals surface area contributed by atoms with Gasteiger partial charge in [-0.05, 0) is 6.92 Å². The Hall–Kier alpha value is -1.36. The minimum Gasteiger partial charge on any atom is -0.462 e. The molecule has 1 unspecified atom stereocenters. The van der Waals surface area contributed by atoms with Crippen molar-refractivity contribution in [3.05, 3.63) is 22.1 Å². The lowest BCUT2D eigenvalue weighted by molar-refractivity contribution is 0.0553. The molecule has 13 heavy (non-hydrogen) atoms. The highest BCUT2D eigenvalue weighted by Gasteiger charge is 2.17. The fraction of sp³-hybridized carbons (Fsp3) is 0.500. The van der Waals surface area contributed by atoms with Crippen LogP contribution < -0.4 is 10.3 Å². The van der Waals surface area contributed by atoms with Crippen molar-refractivity contribution in [3.8, 4) is 6.01 Å². The van der Waals surface area contributed by atoms with Crippen molar-refractivity contribution >= 4 is 0 Å². The first-order chi connectivity index (χ1) is 6.16. The highest BCUT2D eigenvalue weighted by atomic mass is 16.5. The number of aliphatic hydroxyl groups is 1. The standard InChI is InChI=1S/C8H10N2O3/c1-5-2-10-3-6(11)4-13-8(10)9-7(5)12/h2,6,11H,3-4H2,1H3. The average molecular weight is 182 g/mol. The number of ether oxygens (including phenoxy) is 1. The van der Waals surface area contributed by atoms with Crippen LogP contribution in [0, 0.1) is 6.92 Å². The summed E-state index contributed by atoms with van der Waals surface area (Å²) in [5.41, 5.74) is 0.282. The fourth-order valence-corrected chi connectivity index (χ4v) is 1.28. The summed E-state index contributed by atoms with van der Waals surface area (Å²) in [6.45, 7) is 2.32. The first-order valence-electron chi connectivity index (χ1n) is 4.06. The van der Waals surface area contributed by atoms with E-state index in [0.717, 1.165) is 0 Å². The first-order valence-corrected chi connectivity index (χ1v) is 4.06. The number of aromatic nitrogens is 2. The molecule has 1 atom stereocenters. The second-order valence-electron chi connectivity index (χ2n) is 3.13. The third-order valence-electron chi connectivity index (χ3n) is 1.94. The van der Waals surface area contributed by atoms with Crippen LogP contribution in [-0.4, -0.2) is 27.4 Å². The maximum atomic E-state index is 11.1. The summed E-state index contributed by atoms with van der Waals surface area (Å²) in [5, 5.41) is 9.26. The van der Waals surface area contributed by atoms with E-state index in [2.05, 4.69) is 4.98 Å². The molecule has 0 saturated carbocycles. The summed E-state index contributed by atoms with van der Waals surface area (Å²) in [7, 11) is 0. The summed E-state index contributed by atoms with van der Waals surface area (Å²) in [6, 6.07) is 0.293. The summed E-state index contributed by atoms with van der Waals surface area (Å²) < 4.78 is 6.72. The molecule has 2 rings (SSSR count). The van der Waals surface area contributed by atoms with Gasteiger partial charge in [0.05, 0.1) is 6.54 Å². The van der Waals surface area contributed by atoms with E-state index in [1.165, 1.54) is 0 Å². The zero-order valence-electron chi connectivity index (χ0n) is 7.23. The molecule has 1 aliphatic heterocycles. The second-order valence-corrected chi connectivity index (χ2v) is 3.13. The SMILES string of the molecule is Cc1cn2c(nc1=O)OCC(O)C2. The number of aryl methyl sites for hydroxylation is 1. The molecule has 0 spiro atoms. The fourth-order valence-electron chi connectivity index (χ4n) is 1.28. The molecule has 0 saturated heterocycles. The van der Waals surface area contributed by atoms with Crippen molar-refractivity contribution in [1.82, 2.24) is 9.55 Å². The van der Waals surface area contributed by atoms with E-state index in [1.54, 1.807) is 17.7 Å². The Labute approximate surface area is 74.6 Å². The van der Waals surface area contributed by atoms with Gasteiger partial charge in [0.25, 0.3) is 11.6 Å². The lowest BCUT2D eigenvalue weighted by Gasteiger charge is -2.22. The molecular weight excluding hydrogens is 172 g/mol. The van der Waals surface area contributed by atoms with Gasteiger partial charge in [-0.25, -0.2) is 0 Å². The zero-order valence-corrected chi connectivity index (χ0v) is 7.23. The minimum absolute atomic E-state index is 0.204. The Morgan fingerprint density at radius 2 is 2.54 bits per heavy atom. The van der Waals surface area contributed by atoms with Crippen LogP contribution >= 0.6 is 0 Å². The minimum atomic E-state index is -0.517. The van der Waals surface area contributed by atoms with E-state index in [4.69, 9.17) is 4.74 Å². The molecule has 1 aliphatic rings. The van der Waals surface area contributed by atoms with E-state index in [1.807, 2.05) is 0 Å². The molecule has 70 valence electrons. The lowest BCUT2D eigenvalue weighted by Crippen LogP contribution is -2.33. The molecule has 0 bridgehead atoms. The predicted octanol–water partition coefficient (Wildman–Crippen LogP) is -0.695. The van der Waals surface area contributed by atoms with Crippen molar-refractivity contribution in [2.24, 2.45) is 0 Å². The number of nitrogens with zero attached hydrogens (tertiary/aromatic N) is 2. The molecule has 1 aromatic rings. The molecule has 0 aromatic carbocycles. The molecule has 1 aromatic heterocycles. The third kappa shape index (κ3) is 1.42. The molecule has 2 heterocycles. The van der Waals surface area contributed by atoms with Crippen molar-refractivity contribution < 1.29 is 9.84 Å². The van der Waals surface area contributed by atoms with Gasteiger partial charge in [0, 0.05) is 11.8 Å². The van der Waals surface area contributed by atoms with Crippen LogP contribution in [0.3, 0.4) is 0 Å². The first kappa shape index (κ1) is 8.25. The molecule has 0 radical (unpaired) electrons. The number of aliphatic hydroxyl groups excluding tert-OH is 1. The Balaban J connectivity index is 2.49. The number of hydrogen-bond donors (Lipinski definition) is 1. The van der Waals surface area contributed by atoms with Crippen molar-refractivity contribution in [3.63, 3.8) is 0 Å². The van der Waals surface area contributed by atoms with Gasteiger partial charge in [0.1, 0.15) is 12.7 Å². The molecule has 0 amide bonds. The molecule has 5 heteroatoms. The quantitative estimate of drug-likeness (QED) is 0.576. The number of fused-ring (bicyclic) bond motifs is 1. The predicted molar refractivity (Wildman–Crippen MR) is 44.7 cm³/mol. The van der Waals surface area contributed by atoms with Gasteiger partial charge in [-0.3, -0.25) is 9.36 Å². The van der Waals surface area contributed by atoms with Gasteiger partial charge in [-0.15, -0.1) is 0 Å². The summed E-state index contributed by atoms with van der Waals surface area (Å²) in [5.74, 6) is 0. The van der Waals surface area contributed by atoms with Crippen molar-refractivity contribution in [1.29, 1.82) is 0 Å². The van der Waals surface area contributed by atoms with Gasteiger partial charge in [0.2, 0.25) is 0 Å². The highest BCUT2D eigenvalue weighted by Crippen LogP contribution is 2.12. The van der Waals surface area contributed by atoms with Crippen LogP contribution in [0.15, 0.2) is 11.0 Å².